The monoisotopic (exact) mass is 290 g/mol. The molecular weight excluding hydrogens is 274 g/mol. The average Bonchev–Trinajstić information content (AvgIpc) is 3.09. The van der Waals surface area contributed by atoms with E-state index in [1.165, 1.54) is 0 Å². The molecule has 1 saturated heterocycles. The zero-order valence-electron chi connectivity index (χ0n) is 11.8. The summed E-state index contributed by atoms with van der Waals surface area (Å²) >= 11 is 0. The lowest BCUT2D eigenvalue weighted by Gasteiger charge is -2.26. The molecule has 1 fully saturated rings. The van der Waals surface area contributed by atoms with Crippen molar-refractivity contribution in [3.05, 3.63) is 39.2 Å². The van der Waals surface area contributed by atoms with Gasteiger partial charge in [0.1, 0.15) is 12.5 Å². The van der Waals surface area contributed by atoms with E-state index in [2.05, 4.69) is 0 Å². The topological polar surface area (TPSA) is 66.8 Å². The molecule has 3 aliphatic heterocycles. The fraction of sp³-hybridized carbons (Fsp3) is 0.533. The molecule has 0 bridgehead atoms. The van der Waals surface area contributed by atoms with E-state index >= 15 is 0 Å². The quantitative estimate of drug-likeness (QED) is 0.717. The van der Waals surface area contributed by atoms with Gasteiger partial charge in [0, 0.05) is 13.0 Å². The molecule has 1 aromatic rings. The Hall–Kier alpha value is -1.66. The van der Waals surface area contributed by atoms with Gasteiger partial charge in [0.15, 0.2) is 0 Å². The number of carbonyl (C=O) groups excluding carboxylic acids is 1. The third-order valence-electron chi connectivity index (χ3n) is 4.48. The van der Waals surface area contributed by atoms with Gasteiger partial charge in [-0.1, -0.05) is 6.92 Å². The van der Waals surface area contributed by atoms with Crippen LogP contribution in [0.1, 0.15) is 36.6 Å². The van der Waals surface area contributed by atoms with Crippen LogP contribution in [0.3, 0.4) is 0 Å². The Morgan fingerprint density at radius 2 is 2.05 bits per heavy atom. The SMILES string of the molecule is CC[C]1C(=O)OCc2c1cc1n(c2=O)CCC12OCCO2. The highest BCUT2D eigenvalue weighted by atomic mass is 16.7. The highest BCUT2D eigenvalue weighted by molar-refractivity contribution is 5.91. The zero-order valence-corrected chi connectivity index (χ0v) is 11.8. The first-order valence-electron chi connectivity index (χ1n) is 7.25. The molecule has 3 aliphatic rings. The number of esters is 1. The second kappa shape index (κ2) is 4.42. The summed E-state index contributed by atoms with van der Waals surface area (Å²) in [6, 6.07) is 1.88. The summed E-state index contributed by atoms with van der Waals surface area (Å²) in [5.74, 6) is -0.597. The lowest BCUT2D eigenvalue weighted by atomic mass is 9.90. The third-order valence-corrected chi connectivity index (χ3v) is 4.48. The van der Waals surface area contributed by atoms with Crippen LogP contribution < -0.4 is 5.56 Å². The van der Waals surface area contributed by atoms with Gasteiger partial charge < -0.3 is 18.8 Å². The average molecular weight is 290 g/mol. The molecule has 0 unspecified atom stereocenters. The molecule has 1 radical (unpaired) electrons. The van der Waals surface area contributed by atoms with Crippen molar-refractivity contribution < 1.29 is 19.0 Å². The number of hydrogen-bond donors (Lipinski definition) is 0. The first-order chi connectivity index (χ1) is 10.2. The molecule has 1 aromatic heterocycles. The number of cyclic esters (lactones) is 1. The summed E-state index contributed by atoms with van der Waals surface area (Å²) in [7, 11) is 0. The Bertz CT molecular complexity index is 671. The maximum absolute atomic E-state index is 12.7. The van der Waals surface area contributed by atoms with Gasteiger partial charge in [-0.05, 0) is 18.1 Å². The fourth-order valence-electron chi connectivity index (χ4n) is 3.44. The van der Waals surface area contributed by atoms with Gasteiger partial charge in [0.05, 0.1) is 24.5 Å². The molecule has 1 spiro atoms. The second-order valence-electron chi connectivity index (χ2n) is 5.49. The molecule has 6 heteroatoms. The summed E-state index contributed by atoms with van der Waals surface area (Å²) in [5, 5.41) is 0. The summed E-state index contributed by atoms with van der Waals surface area (Å²) in [4.78, 5) is 24.5. The fourth-order valence-corrected chi connectivity index (χ4v) is 3.44. The van der Waals surface area contributed by atoms with Gasteiger partial charge >= 0.3 is 5.97 Å². The number of pyridine rings is 1. The summed E-state index contributed by atoms with van der Waals surface area (Å²) in [6.45, 7) is 3.55. The normalized spacial score (nSPS) is 23.2. The Labute approximate surface area is 121 Å². The van der Waals surface area contributed by atoms with Crippen LogP contribution in [0, 0.1) is 5.92 Å². The van der Waals surface area contributed by atoms with Gasteiger partial charge in [0.25, 0.3) is 5.56 Å². The van der Waals surface area contributed by atoms with Crippen LogP contribution in [0.25, 0.3) is 0 Å². The summed E-state index contributed by atoms with van der Waals surface area (Å²) in [6.07, 6.45) is 1.16. The van der Waals surface area contributed by atoms with Crippen LogP contribution in [0.5, 0.6) is 0 Å². The molecule has 4 heterocycles. The van der Waals surface area contributed by atoms with Crippen LogP contribution >= 0.6 is 0 Å². The van der Waals surface area contributed by atoms with E-state index in [9.17, 15) is 9.59 Å². The van der Waals surface area contributed by atoms with Gasteiger partial charge in [-0.15, -0.1) is 0 Å². The van der Waals surface area contributed by atoms with E-state index in [1.54, 1.807) is 4.57 Å². The van der Waals surface area contributed by atoms with Crippen LogP contribution in [0.15, 0.2) is 10.9 Å². The zero-order chi connectivity index (χ0) is 14.6. The van der Waals surface area contributed by atoms with Gasteiger partial charge in [0.2, 0.25) is 5.79 Å². The highest BCUT2D eigenvalue weighted by Crippen LogP contribution is 2.41. The Morgan fingerprint density at radius 3 is 2.76 bits per heavy atom. The Kier molecular flexibility index (Phi) is 2.74. The first-order valence-corrected chi connectivity index (χ1v) is 7.25. The van der Waals surface area contributed by atoms with E-state index < -0.39 is 5.79 Å². The van der Waals surface area contributed by atoms with Crippen molar-refractivity contribution in [3.8, 4) is 0 Å². The molecular formula is C15H16NO5. The number of aromatic nitrogens is 1. The second-order valence-corrected chi connectivity index (χ2v) is 5.49. The smallest absolute Gasteiger partial charge is 0.318 e. The third kappa shape index (κ3) is 1.66. The van der Waals surface area contributed by atoms with Crippen molar-refractivity contribution in [2.24, 2.45) is 0 Å². The Morgan fingerprint density at radius 1 is 1.29 bits per heavy atom. The molecule has 21 heavy (non-hydrogen) atoms. The Balaban J connectivity index is 1.93. The van der Waals surface area contributed by atoms with Crippen molar-refractivity contribution in [2.45, 2.75) is 38.7 Å². The number of ether oxygens (including phenoxy) is 3. The van der Waals surface area contributed by atoms with Gasteiger partial charge in [-0.2, -0.15) is 0 Å². The van der Waals surface area contributed by atoms with Gasteiger partial charge in [-0.25, -0.2) is 0 Å². The molecule has 0 amide bonds. The van der Waals surface area contributed by atoms with Crippen LogP contribution in [-0.2, 0) is 37.9 Å². The minimum absolute atomic E-state index is 0.0471. The van der Waals surface area contributed by atoms with Gasteiger partial charge in [-0.3, -0.25) is 9.59 Å². The lowest BCUT2D eigenvalue weighted by molar-refractivity contribution is -0.163. The standard InChI is InChI=1S/C15H16NO5/c1-2-9-10-7-12-15(20-5-6-21-15)3-4-16(12)13(17)11(10)8-19-14(9)18/h7H,2-6,8H2,1H3. The molecule has 0 atom stereocenters. The van der Waals surface area contributed by atoms with Crippen LogP contribution in [0.4, 0.5) is 0 Å². The van der Waals surface area contributed by atoms with E-state index in [4.69, 9.17) is 14.2 Å². The molecule has 6 nitrogen and oxygen atoms in total. The molecule has 0 aromatic carbocycles. The minimum Gasteiger partial charge on any atom is -0.460 e. The predicted molar refractivity (Wildman–Crippen MR) is 71.3 cm³/mol. The molecule has 4 rings (SSSR count). The van der Waals surface area contributed by atoms with Crippen LogP contribution in [0.2, 0.25) is 0 Å². The predicted octanol–water partition coefficient (Wildman–Crippen LogP) is 0.841. The van der Waals surface area contributed by atoms with Crippen molar-refractivity contribution in [3.63, 3.8) is 0 Å². The van der Waals surface area contributed by atoms with E-state index in [0.717, 1.165) is 5.69 Å². The van der Waals surface area contributed by atoms with E-state index in [0.29, 0.717) is 49.6 Å². The van der Waals surface area contributed by atoms with Crippen molar-refractivity contribution in [1.29, 1.82) is 0 Å². The molecule has 0 saturated carbocycles. The lowest BCUT2D eigenvalue weighted by Crippen LogP contribution is -2.35. The first kappa shape index (κ1) is 13.0. The maximum atomic E-state index is 12.7. The van der Waals surface area contributed by atoms with Crippen molar-refractivity contribution in [2.75, 3.05) is 13.2 Å². The number of carbonyl (C=O) groups is 1. The molecule has 0 aliphatic carbocycles. The highest BCUT2D eigenvalue weighted by Gasteiger charge is 2.47. The number of hydrogen-bond acceptors (Lipinski definition) is 5. The largest absolute Gasteiger partial charge is 0.460 e. The molecule has 111 valence electrons. The van der Waals surface area contributed by atoms with Crippen LogP contribution in [-0.4, -0.2) is 23.8 Å². The number of nitrogens with zero attached hydrogens (tertiary/aromatic N) is 1. The number of rotatable bonds is 1. The molecule has 0 N–H and O–H groups in total. The summed E-state index contributed by atoms with van der Waals surface area (Å²) < 4.78 is 18.3. The maximum Gasteiger partial charge on any atom is 0.318 e. The van der Waals surface area contributed by atoms with E-state index in [-0.39, 0.29) is 18.1 Å². The number of fused-ring (bicyclic) bond motifs is 3. The van der Waals surface area contributed by atoms with Crippen molar-refractivity contribution >= 4 is 5.97 Å². The minimum atomic E-state index is -0.811. The van der Waals surface area contributed by atoms with E-state index in [1.807, 2.05) is 13.0 Å². The summed E-state index contributed by atoms with van der Waals surface area (Å²) in [5.41, 5.74) is 1.89. The van der Waals surface area contributed by atoms with Crippen molar-refractivity contribution in [1.82, 2.24) is 4.57 Å².